The molecule has 1 aromatic carbocycles. The van der Waals surface area contributed by atoms with Gasteiger partial charge in [0.2, 0.25) is 0 Å². The molecule has 4 rings (SSSR count). The lowest BCUT2D eigenvalue weighted by molar-refractivity contribution is -0.106. The lowest BCUT2D eigenvalue weighted by Crippen LogP contribution is -2.11. The van der Waals surface area contributed by atoms with Crippen LogP contribution < -0.4 is 5.73 Å². The van der Waals surface area contributed by atoms with Gasteiger partial charge in [-0.05, 0) is 47.2 Å². The minimum atomic E-state index is 0.0798. The van der Waals surface area contributed by atoms with Gasteiger partial charge in [0.15, 0.2) is 20.5 Å². The molecule has 9 nitrogen and oxygen atoms in total. The Morgan fingerprint density at radius 1 is 1.45 bits per heavy atom. The molecule has 0 aliphatic carbocycles. The average Bonchev–Trinajstić information content (AvgIpc) is 3.19. The largest absolute Gasteiger partial charge is 0.382 e. The van der Waals surface area contributed by atoms with E-state index in [-0.39, 0.29) is 19.2 Å². The van der Waals surface area contributed by atoms with Crippen LogP contribution in [-0.2, 0) is 25.1 Å². The van der Waals surface area contributed by atoms with Gasteiger partial charge in [-0.2, -0.15) is 0 Å². The molecular weight excluding hydrogens is 556 g/mol. The molecule has 0 bridgehead atoms. The van der Waals surface area contributed by atoms with Crippen molar-refractivity contribution in [3.8, 4) is 0 Å². The Morgan fingerprint density at radius 3 is 2.87 bits per heavy atom. The SMILES string of the molecule is CC=O.COC(I)Cn1cnc2c(N)ncnc21.Clc1cccc([C@@H]2CCOPO2)c1. The van der Waals surface area contributed by atoms with Crippen LogP contribution in [0, 0.1) is 0 Å². The van der Waals surface area contributed by atoms with Gasteiger partial charge >= 0.3 is 0 Å². The molecule has 1 saturated heterocycles. The summed E-state index contributed by atoms with van der Waals surface area (Å²) in [7, 11) is 1.83. The number of hydrogen-bond acceptors (Lipinski definition) is 8. The first-order chi connectivity index (χ1) is 15.0. The number of aldehydes is 1. The van der Waals surface area contributed by atoms with Gasteiger partial charge < -0.3 is 28.9 Å². The maximum atomic E-state index is 8.81. The van der Waals surface area contributed by atoms with E-state index in [0.29, 0.717) is 17.9 Å². The van der Waals surface area contributed by atoms with Crippen LogP contribution in [-0.4, -0.2) is 43.6 Å². The molecule has 0 spiro atoms. The summed E-state index contributed by atoms with van der Waals surface area (Å²) in [5.74, 6) is 0.404. The van der Waals surface area contributed by atoms with E-state index in [1.54, 1.807) is 13.4 Å². The first kappa shape index (κ1) is 25.8. The Kier molecular flexibility index (Phi) is 11.6. The predicted octanol–water partition coefficient (Wildman–Crippen LogP) is 4.35. The van der Waals surface area contributed by atoms with Gasteiger partial charge in [0.05, 0.1) is 25.6 Å². The highest BCUT2D eigenvalue weighted by molar-refractivity contribution is 14.1. The number of aromatic nitrogens is 4. The molecule has 3 heterocycles. The predicted molar refractivity (Wildman–Crippen MR) is 130 cm³/mol. The van der Waals surface area contributed by atoms with Crippen molar-refractivity contribution < 1.29 is 18.6 Å². The van der Waals surface area contributed by atoms with Crippen molar-refractivity contribution in [3.05, 3.63) is 47.5 Å². The number of carbonyl (C=O) groups is 1. The van der Waals surface area contributed by atoms with Crippen molar-refractivity contribution in [2.45, 2.75) is 30.1 Å². The lowest BCUT2D eigenvalue weighted by atomic mass is 10.1. The zero-order chi connectivity index (χ0) is 22.6. The molecular formula is C19H24ClIN5O4P. The van der Waals surface area contributed by atoms with E-state index in [4.69, 9.17) is 35.9 Å². The van der Waals surface area contributed by atoms with Crippen LogP contribution in [0.2, 0.25) is 5.02 Å². The number of nitrogens with two attached hydrogens (primary N) is 1. The van der Waals surface area contributed by atoms with Crippen molar-refractivity contribution in [1.29, 1.82) is 0 Å². The van der Waals surface area contributed by atoms with Crippen LogP contribution in [0.4, 0.5) is 5.82 Å². The maximum Gasteiger partial charge on any atom is 0.165 e. The third-order valence-electron chi connectivity index (χ3n) is 3.98. The summed E-state index contributed by atoms with van der Waals surface area (Å²) in [6, 6.07) is 7.79. The Bertz CT molecular complexity index is 958. The molecule has 1 aliphatic heterocycles. The van der Waals surface area contributed by atoms with E-state index >= 15 is 0 Å². The standard InChI is InChI=1S/C9H10ClO2P.C8H10IN5O.C2H4O/c10-8-3-1-2-7(6-8)9-4-5-11-13-12-9;1-15-5(9)2-14-4-13-6-7(10)11-3-12-8(6)14;1-2-3/h1-3,6,9,13H,4-5H2;3-5H,2H2,1H3,(H2,10,11,12);2H,1H3/t9-;;/m0../s1. The Morgan fingerprint density at radius 2 is 2.23 bits per heavy atom. The maximum absolute atomic E-state index is 8.81. The highest BCUT2D eigenvalue weighted by Gasteiger charge is 2.16. The molecule has 3 atom stereocenters. The smallest absolute Gasteiger partial charge is 0.165 e. The second-order valence-corrected chi connectivity index (χ2v) is 8.61. The molecule has 1 aliphatic rings. The number of nitrogens with zero attached hydrogens (tertiary/aromatic N) is 4. The monoisotopic (exact) mass is 579 g/mol. The summed E-state index contributed by atoms with van der Waals surface area (Å²) >= 11 is 8.08. The number of anilines is 1. The van der Waals surface area contributed by atoms with Crippen LogP contribution in [0.5, 0.6) is 0 Å². The number of carbonyl (C=O) groups excluding carboxylic acids is 1. The summed E-state index contributed by atoms with van der Waals surface area (Å²) in [6.07, 6.45) is 4.95. The van der Waals surface area contributed by atoms with E-state index in [0.717, 1.165) is 35.5 Å². The molecule has 1 fully saturated rings. The highest BCUT2D eigenvalue weighted by atomic mass is 127. The average molecular weight is 580 g/mol. The molecule has 168 valence electrons. The van der Waals surface area contributed by atoms with E-state index in [1.807, 2.05) is 28.8 Å². The van der Waals surface area contributed by atoms with Gasteiger partial charge in [-0.25, -0.2) is 15.0 Å². The minimum absolute atomic E-state index is 0.0798. The third-order valence-corrected chi connectivity index (χ3v) is 5.82. The van der Waals surface area contributed by atoms with Gasteiger partial charge in [-0.15, -0.1) is 0 Å². The van der Waals surface area contributed by atoms with Crippen molar-refractivity contribution >= 4 is 66.5 Å². The van der Waals surface area contributed by atoms with E-state index in [1.165, 1.54) is 13.3 Å². The Hall–Kier alpha value is -1.43. The van der Waals surface area contributed by atoms with Crippen LogP contribution in [0.25, 0.3) is 11.2 Å². The number of halogens is 2. The normalized spacial score (nSPS) is 17.2. The van der Waals surface area contributed by atoms with Gasteiger partial charge in [0.1, 0.15) is 22.2 Å². The first-order valence-electron chi connectivity index (χ1n) is 9.26. The molecule has 2 aromatic heterocycles. The van der Waals surface area contributed by atoms with Gasteiger partial charge in [-0.3, -0.25) is 0 Å². The summed E-state index contributed by atoms with van der Waals surface area (Å²) in [6.45, 7) is 2.90. The van der Waals surface area contributed by atoms with E-state index in [9.17, 15) is 0 Å². The highest BCUT2D eigenvalue weighted by Crippen LogP contribution is 2.35. The zero-order valence-electron chi connectivity index (χ0n) is 17.1. The van der Waals surface area contributed by atoms with Crippen molar-refractivity contribution in [3.63, 3.8) is 0 Å². The number of ether oxygens (including phenoxy) is 1. The van der Waals surface area contributed by atoms with E-state index < -0.39 is 0 Å². The van der Waals surface area contributed by atoms with Crippen LogP contribution in [0.3, 0.4) is 0 Å². The third kappa shape index (κ3) is 8.21. The Labute approximate surface area is 201 Å². The van der Waals surface area contributed by atoms with Crippen LogP contribution in [0.15, 0.2) is 36.9 Å². The number of rotatable bonds is 4. The fraction of sp³-hybridized carbons (Fsp3) is 0.368. The fourth-order valence-corrected chi connectivity index (χ4v) is 3.82. The molecule has 3 aromatic rings. The number of benzene rings is 1. The molecule has 2 unspecified atom stereocenters. The van der Waals surface area contributed by atoms with Crippen LogP contribution in [0.1, 0.15) is 25.0 Å². The van der Waals surface area contributed by atoms with Crippen molar-refractivity contribution in [1.82, 2.24) is 19.5 Å². The lowest BCUT2D eigenvalue weighted by Gasteiger charge is -2.22. The summed E-state index contributed by atoms with van der Waals surface area (Å²) < 4.78 is 17.7. The first-order valence-corrected chi connectivity index (χ1v) is 11.7. The number of nitrogen functional groups attached to an aromatic ring is 1. The fourth-order valence-electron chi connectivity index (χ4n) is 2.56. The number of hydrogen-bond donors (Lipinski definition) is 1. The quantitative estimate of drug-likeness (QED) is 0.210. The molecule has 12 heteroatoms. The van der Waals surface area contributed by atoms with Gasteiger partial charge in [-0.1, -0.05) is 23.7 Å². The number of alkyl halides is 1. The molecule has 2 N–H and O–H groups in total. The molecule has 0 amide bonds. The summed E-state index contributed by atoms with van der Waals surface area (Å²) in [5, 5.41) is 0.760. The van der Waals surface area contributed by atoms with Gasteiger partial charge in [0.25, 0.3) is 0 Å². The van der Waals surface area contributed by atoms with E-state index in [2.05, 4.69) is 37.5 Å². The molecule has 0 radical (unpaired) electrons. The minimum Gasteiger partial charge on any atom is -0.382 e. The second-order valence-electron chi connectivity index (χ2n) is 6.09. The summed E-state index contributed by atoms with van der Waals surface area (Å²) in [4.78, 5) is 21.0. The number of imidazole rings is 1. The zero-order valence-corrected chi connectivity index (χ0v) is 21.0. The number of fused-ring (bicyclic) bond motifs is 1. The second kappa shape index (κ2) is 13.9. The Balaban J connectivity index is 0.000000197. The molecule has 0 saturated carbocycles. The van der Waals surface area contributed by atoms with Crippen molar-refractivity contribution in [2.24, 2.45) is 0 Å². The van der Waals surface area contributed by atoms with Crippen molar-refractivity contribution in [2.75, 3.05) is 19.5 Å². The topological polar surface area (TPSA) is 114 Å². The van der Waals surface area contributed by atoms with Gasteiger partial charge in [0, 0.05) is 18.6 Å². The van der Waals surface area contributed by atoms with Crippen LogP contribution >= 0.6 is 43.2 Å². The number of methoxy groups -OCH3 is 1. The molecule has 31 heavy (non-hydrogen) atoms. The summed E-state index contributed by atoms with van der Waals surface area (Å²) in [5.41, 5.74) is 8.19.